The Balaban J connectivity index is 1.76. The maximum atomic E-state index is 12.1. The third-order valence-electron chi connectivity index (χ3n) is 3.88. The zero-order chi connectivity index (χ0) is 16.5. The summed E-state index contributed by atoms with van der Waals surface area (Å²) in [6.45, 7) is 6.54. The number of carbonyl (C=O) groups excluding carboxylic acids is 2. The molecule has 5 heteroatoms. The summed E-state index contributed by atoms with van der Waals surface area (Å²) in [6.07, 6.45) is 1.21. The smallest absolute Gasteiger partial charge is 0.305 e. The van der Waals surface area contributed by atoms with E-state index in [-0.39, 0.29) is 11.8 Å². The summed E-state index contributed by atoms with van der Waals surface area (Å²) in [7, 11) is 0. The Bertz CT molecular complexity index is 506. The Morgan fingerprint density at radius 3 is 2.48 bits per heavy atom. The first-order chi connectivity index (χ1) is 11.2. The van der Waals surface area contributed by atoms with Gasteiger partial charge in [0, 0.05) is 38.0 Å². The van der Waals surface area contributed by atoms with E-state index < -0.39 is 0 Å². The molecule has 23 heavy (non-hydrogen) atoms. The second-order valence-corrected chi connectivity index (χ2v) is 5.67. The van der Waals surface area contributed by atoms with E-state index >= 15 is 0 Å². The molecule has 0 saturated carbocycles. The Kier molecular flexibility index (Phi) is 7.23. The van der Waals surface area contributed by atoms with E-state index in [1.54, 1.807) is 6.92 Å². The van der Waals surface area contributed by atoms with Crippen molar-refractivity contribution in [3.63, 3.8) is 0 Å². The molecule has 1 saturated heterocycles. The van der Waals surface area contributed by atoms with Crippen molar-refractivity contribution >= 4 is 11.8 Å². The van der Waals surface area contributed by atoms with E-state index in [1.165, 1.54) is 5.56 Å². The maximum absolute atomic E-state index is 12.1. The second-order valence-electron chi connectivity index (χ2n) is 5.67. The highest BCUT2D eigenvalue weighted by molar-refractivity contribution is 5.96. The van der Waals surface area contributed by atoms with Crippen LogP contribution in [0.4, 0.5) is 0 Å². The molecule has 0 spiro atoms. The topological polar surface area (TPSA) is 55.8 Å². The Hall–Kier alpha value is -1.72. The minimum Gasteiger partial charge on any atom is -0.466 e. The first-order valence-electron chi connectivity index (χ1n) is 8.27. The van der Waals surface area contributed by atoms with Gasteiger partial charge in [-0.25, -0.2) is 0 Å². The summed E-state index contributed by atoms with van der Waals surface area (Å²) in [5.41, 5.74) is 1.91. The van der Waals surface area contributed by atoms with Gasteiger partial charge in [-0.1, -0.05) is 24.3 Å². The molecule has 0 unspecified atom stereocenters. The average Bonchev–Trinajstić information content (AvgIpc) is 2.56. The molecule has 5 nitrogen and oxygen atoms in total. The molecule has 0 aromatic heterocycles. The number of morpholine rings is 1. The first kappa shape index (κ1) is 17.6. The molecule has 1 aliphatic rings. The monoisotopic (exact) mass is 319 g/mol. The standard InChI is InChI=1S/C18H25NO4/c1-2-23-18(21)5-3-4-17(20)16-8-6-15(7-9-16)14-19-10-12-22-13-11-19/h6-9H,2-5,10-14H2,1H3. The van der Waals surface area contributed by atoms with Gasteiger partial charge in [-0.3, -0.25) is 14.5 Å². The number of hydrogen-bond acceptors (Lipinski definition) is 5. The summed E-state index contributed by atoms with van der Waals surface area (Å²) in [6, 6.07) is 7.77. The zero-order valence-corrected chi connectivity index (χ0v) is 13.8. The molecule has 0 atom stereocenters. The number of hydrogen-bond donors (Lipinski definition) is 0. The minimum absolute atomic E-state index is 0.0761. The van der Waals surface area contributed by atoms with Crippen molar-refractivity contribution in [2.24, 2.45) is 0 Å². The summed E-state index contributed by atoms with van der Waals surface area (Å²) >= 11 is 0. The van der Waals surface area contributed by atoms with Gasteiger partial charge < -0.3 is 9.47 Å². The maximum Gasteiger partial charge on any atom is 0.305 e. The average molecular weight is 319 g/mol. The van der Waals surface area contributed by atoms with Gasteiger partial charge in [0.25, 0.3) is 0 Å². The van der Waals surface area contributed by atoms with Crippen LogP contribution in [0.25, 0.3) is 0 Å². The fraction of sp³-hybridized carbons (Fsp3) is 0.556. The molecule has 1 fully saturated rings. The molecule has 0 amide bonds. The van der Waals surface area contributed by atoms with Gasteiger partial charge >= 0.3 is 5.97 Å². The van der Waals surface area contributed by atoms with Crippen molar-refractivity contribution in [2.45, 2.75) is 32.7 Å². The molecular formula is C18H25NO4. The van der Waals surface area contributed by atoms with Crippen molar-refractivity contribution < 1.29 is 19.1 Å². The lowest BCUT2D eigenvalue weighted by atomic mass is 10.0. The highest BCUT2D eigenvalue weighted by Gasteiger charge is 2.12. The number of rotatable bonds is 8. The zero-order valence-electron chi connectivity index (χ0n) is 13.8. The predicted octanol–water partition coefficient (Wildman–Crippen LogP) is 2.43. The van der Waals surface area contributed by atoms with Gasteiger partial charge in [-0.05, 0) is 18.9 Å². The summed E-state index contributed by atoms with van der Waals surface area (Å²) in [4.78, 5) is 25.7. The van der Waals surface area contributed by atoms with Crippen molar-refractivity contribution in [2.75, 3.05) is 32.9 Å². The van der Waals surface area contributed by atoms with Gasteiger partial charge in [0.05, 0.1) is 19.8 Å². The molecule has 1 aromatic carbocycles. The van der Waals surface area contributed by atoms with Crippen LogP contribution in [-0.4, -0.2) is 49.6 Å². The molecule has 1 aliphatic heterocycles. The number of ketones is 1. The molecule has 2 rings (SSSR count). The Labute approximate surface area is 137 Å². The number of carbonyl (C=O) groups is 2. The van der Waals surface area contributed by atoms with Gasteiger partial charge in [0.2, 0.25) is 0 Å². The van der Waals surface area contributed by atoms with Crippen LogP contribution in [0.1, 0.15) is 42.1 Å². The van der Waals surface area contributed by atoms with E-state index in [4.69, 9.17) is 9.47 Å². The predicted molar refractivity (Wildman–Crippen MR) is 87.4 cm³/mol. The SMILES string of the molecule is CCOC(=O)CCCC(=O)c1ccc(CN2CCOCC2)cc1. The third-order valence-corrected chi connectivity index (χ3v) is 3.88. The van der Waals surface area contributed by atoms with Crippen LogP contribution < -0.4 is 0 Å². The minimum atomic E-state index is -0.235. The molecule has 0 N–H and O–H groups in total. The largest absolute Gasteiger partial charge is 0.466 e. The molecule has 1 heterocycles. The fourth-order valence-electron chi connectivity index (χ4n) is 2.58. The number of ether oxygens (including phenoxy) is 2. The summed E-state index contributed by atoms with van der Waals surface area (Å²) in [5, 5.41) is 0. The van der Waals surface area contributed by atoms with E-state index in [0.717, 1.165) is 32.8 Å². The highest BCUT2D eigenvalue weighted by atomic mass is 16.5. The molecule has 126 valence electrons. The quantitative estimate of drug-likeness (QED) is 0.544. The number of nitrogens with zero attached hydrogens (tertiary/aromatic N) is 1. The lowest BCUT2D eigenvalue weighted by molar-refractivity contribution is -0.143. The van der Waals surface area contributed by atoms with E-state index in [2.05, 4.69) is 4.90 Å². The lowest BCUT2D eigenvalue weighted by Gasteiger charge is -2.26. The number of esters is 1. The van der Waals surface area contributed by atoms with Crippen LogP contribution in [-0.2, 0) is 20.8 Å². The summed E-state index contributed by atoms with van der Waals surface area (Å²) in [5.74, 6) is -0.159. The molecular weight excluding hydrogens is 294 g/mol. The number of Topliss-reactive ketones (excluding diaryl/α,β-unsaturated/α-hetero) is 1. The van der Waals surface area contributed by atoms with E-state index in [1.807, 2.05) is 24.3 Å². The van der Waals surface area contributed by atoms with Crippen molar-refractivity contribution in [3.8, 4) is 0 Å². The van der Waals surface area contributed by atoms with Crippen LogP contribution >= 0.6 is 0 Å². The Morgan fingerprint density at radius 1 is 1.13 bits per heavy atom. The molecule has 0 bridgehead atoms. The van der Waals surface area contributed by atoms with Crippen LogP contribution in [0.2, 0.25) is 0 Å². The van der Waals surface area contributed by atoms with Gasteiger partial charge in [0.15, 0.2) is 5.78 Å². The van der Waals surface area contributed by atoms with E-state index in [9.17, 15) is 9.59 Å². The molecule has 1 aromatic rings. The summed E-state index contributed by atoms with van der Waals surface area (Å²) < 4.78 is 10.2. The van der Waals surface area contributed by atoms with Crippen LogP contribution in [0, 0.1) is 0 Å². The third kappa shape index (κ3) is 6.12. The van der Waals surface area contributed by atoms with Gasteiger partial charge in [-0.2, -0.15) is 0 Å². The highest BCUT2D eigenvalue weighted by Crippen LogP contribution is 2.12. The normalized spacial score (nSPS) is 15.3. The van der Waals surface area contributed by atoms with E-state index in [0.29, 0.717) is 31.4 Å². The fourth-order valence-corrected chi connectivity index (χ4v) is 2.58. The van der Waals surface area contributed by atoms with Crippen LogP contribution in [0.15, 0.2) is 24.3 Å². The van der Waals surface area contributed by atoms with Crippen molar-refractivity contribution in [1.82, 2.24) is 4.90 Å². The first-order valence-corrected chi connectivity index (χ1v) is 8.27. The van der Waals surface area contributed by atoms with Crippen LogP contribution in [0.3, 0.4) is 0 Å². The number of benzene rings is 1. The Morgan fingerprint density at radius 2 is 1.83 bits per heavy atom. The van der Waals surface area contributed by atoms with Gasteiger partial charge in [-0.15, -0.1) is 0 Å². The second kappa shape index (κ2) is 9.43. The molecule has 0 aliphatic carbocycles. The lowest BCUT2D eigenvalue weighted by Crippen LogP contribution is -2.35. The van der Waals surface area contributed by atoms with Crippen LogP contribution in [0.5, 0.6) is 0 Å². The van der Waals surface area contributed by atoms with Crippen molar-refractivity contribution in [3.05, 3.63) is 35.4 Å². The molecule has 0 radical (unpaired) electrons. The van der Waals surface area contributed by atoms with Gasteiger partial charge in [0.1, 0.15) is 0 Å². The van der Waals surface area contributed by atoms with Crippen molar-refractivity contribution in [1.29, 1.82) is 0 Å².